The molecule has 1 aromatic heterocycles. The van der Waals surface area contributed by atoms with Gasteiger partial charge in [0.25, 0.3) is 5.91 Å². The lowest BCUT2D eigenvalue weighted by atomic mass is 9.99. The number of hydrogen-bond donors (Lipinski definition) is 0. The molecule has 3 aromatic rings. The second kappa shape index (κ2) is 6.61. The summed E-state index contributed by atoms with van der Waals surface area (Å²) in [5.41, 5.74) is 5.88. The minimum Gasteiger partial charge on any atom is -0.334 e. The summed E-state index contributed by atoms with van der Waals surface area (Å²) in [5, 5.41) is 5.14. The third-order valence-corrected chi connectivity index (χ3v) is 5.53. The average Bonchev–Trinajstić information content (AvgIpc) is 2.94. The Hall–Kier alpha value is -2.59. The molecule has 0 spiro atoms. The molecule has 0 atom stereocenters. The molecule has 0 fully saturated rings. The van der Waals surface area contributed by atoms with Gasteiger partial charge in [-0.3, -0.25) is 4.79 Å². The normalized spacial score (nSPS) is 13.6. The van der Waals surface area contributed by atoms with Crippen molar-refractivity contribution in [2.45, 2.75) is 26.8 Å². The van der Waals surface area contributed by atoms with Gasteiger partial charge in [0, 0.05) is 18.7 Å². The molecule has 0 bridgehead atoms. The molecular formula is C21H20ClN3O. The summed E-state index contributed by atoms with van der Waals surface area (Å²) in [7, 11) is 0. The lowest BCUT2D eigenvalue weighted by Crippen LogP contribution is -2.35. The summed E-state index contributed by atoms with van der Waals surface area (Å²) in [6.45, 7) is 5.25. The maximum absolute atomic E-state index is 12.9. The minimum atomic E-state index is 0.0671. The highest BCUT2D eigenvalue weighted by molar-refractivity contribution is 6.31. The molecule has 5 heteroatoms. The number of amides is 1. The maximum atomic E-state index is 12.9. The van der Waals surface area contributed by atoms with Crippen LogP contribution in [0, 0.1) is 13.8 Å². The first-order chi connectivity index (χ1) is 12.5. The molecule has 2 heterocycles. The van der Waals surface area contributed by atoms with E-state index in [9.17, 15) is 4.79 Å². The molecule has 0 saturated heterocycles. The maximum Gasteiger partial charge on any atom is 0.254 e. The second-order valence-corrected chi connectivity index (χ2v) is 7.07. The van der Waals surface area contributed by atoms with Crippen LogP contribution in [0.4, 0.5) is 0 Å². The van der Waals surface area contributed by atoms with Gasteiger partial charge in [-0.25, -0.2) is 4.68 Å². The van der Waals surface area contributed by atoms with E-state index < -0.39 is 0 Å². The quantitative estimate of drug-likeness (QED) is 0.677. The zero-order chi connectivity index (χ0) is 18.3. The Balaban J connectivity index is 1.55. The van der Waals surface area contributed by atoms with Crippen LogP contribution in [-0.2, 0) is 13.0 Å². The van der Waals surface area contributed by atoms with Crippen LogP contribution in [-0.4, -0.2) is 27.1 Å². The Morgan fingerprint density at radius 3 is 2.38 bits per heavy atom. The van der Waals surface area contributed by atoms with E-state index in [2.05, 4.69) is 23.3 Å². The fraction of sp³-hybridized carbons (Fsp3) is 0.238. The van der Waals surface area contributed by atoms with E-state index in [0.717, 1.165) is 30.0 Å². The topological polar surface area (TPSA) is 38.1 Å². The molecule has 1 amide bonds. The van der Waals surface area contributed by atoms with Crippen molar-refractivity contribution in [2.75, 3.05) is 6.54 Å². The van der Waals surface area contributed by atoms with Crippen molar-refractivity contribution in [3.05, 3.63) is 81.6 Å². The number of nitrogens with zero attached hydrogens (tertiary/aromatic N) is 3. The molecule has 1 aliphatic heterocycles. The molecule has 0 radical (unpaired) electrons. The summed E-state index contributed by atoms with van der Waals surface area (Å²) >= 11 is 6.23. The third-order valence-electron chi connectivity index (χ3n) is 4.98. The van der Waals surface area contributed by atoms with Crippen LogP contribution in [0.5, 0.6) is 0 Å². The standard InChI is InChI=1S/C21H20ClN3O/c1-14-20(22)15(2)25(23-14)19-9-7-17(8-10-19)21(26)24-12-11-16-5-3-4-6-18(16)13-24/h3-10H,11-13H2,1-2H3. The Kier molecular flexibility index (Phi) is 4.29. The van der Waals surface area contributed by atoms with E-state index in [-0.39, 0.29) is 5.91 Å². The molecule has 0 N–H and O–H groups in total. The van der Waals surface area contributed by atoms with Gasteiger partial charge in [-0.15, -0.1) is 0 Å². The van der Waals surface area contributed by atoms with Gasteiger partial charge in [0.05, 0.1) is 22.1 Å². The Morgan fingerprint density at radius 2 is 1.73 bits per heavy atom. The van der Waals surface area contributed by atoms with Gasteiger partial charge in [-0.1, -0.05) is 35.9 Å². The minimum absolute atomic E-state index is 0.0671. The summed E-state index contributed by atoms with van der Waals surface area (Å²) in [4.78, 5) is 14.8. The van der Waals surface area contributed by atoms with Crippen molar-refractivity contribution in [3.8, 4) is 5.69 Å². The SMILES string of the molecule is Cc1nn(-c2ccc(C(=O)N3CCc4ccccc4C3)cc2)c(C)c1Cl. The van der Waals surface area contributed by atoms with Gasteiger partial charge >= 0.3 is 0 Å². The zero-order valence-corrected chi connectivity index (χ0v) is 15.6. The van der Waals surface area contributed by atoms with Crippen LogP contribution in [0.15, 0.2) is 48.5 Å². The molecule has 132 valence electrons. The van der Waals surface area contributed by atoms with Crippen LogP contribution in [0.3, 0.4) is 0 Å². The van der Waals surface area contributed by atoms with Crippen LogP contribution in [0.25, 0.3) is 5.69 Å². The first-order valence-electron chi connectivity index (χ1n) is 8.73. The number of rotatable bonds is 2. The van der Waals surface area contributed by atoms with Crippen LogP contribution < -0.4 is 0 Å². The van der Waals surface area contributed by atoms with Gasteiger partial charge in [0.15, 0.2) is 0 Å². The van der Waals surface area contributed by atoms with E-state index in [1.807, 2.05) is 53.8 Å². The number of carbonyl (C=O) groups is 1. The Labute approximate surface area is 158 Å². The van der Waals surface area contributed by atoms with Gasteiger partial charge in [0.1, 0.15) is 0 Å². The number of aromatic nitrogens is 2. The predicted octanol–water partition coefficient (Wildman–Crippen LogP) is 4.34. The van der Waals surface area contributed by atoms with Gasteiger partial charge in [-0.05, 0) is 55.7 Å². The molecular weight excluding hydrogens is 346 g/mol. The number of hydrogen-bond acceptors (Lipinski definition) is 2. The second-order valence-electron chi connectivity index (χ2n) is 6.69. The largest absolute Gasteiger partial charge is 0.334 e. The van der Waals surface area contributed by atoms with E-state index in [4.69, 9.17) is 11.6 Å². The lowest BCUT2D eigenvalue weighted by molar-refractivity contribution is 0.0734. The summed E-state index contributed by atoms with van der Waals surface area (Å²) in [6.07, 6.45) is 0.907. The zero-order valence-electron chi connectivity index (χ0n) is 14.9. The molecule has 4 nitrogen and oxygen atoms in total. The van der Waals surface area contributed by atoms with Crippen molar-refractivity contribution in [3.63, 3.8) is 0 Å². The van der Waals surface area contributed by atoms with Crippen molar-refractivity contribution >= 4 is 17.5 Å². The highest BCUT2D eigenvalue weighted by Crippen LogP contribution is 2.24. The number of halogens is 1. The van der Waals surface area contributed by atoms with E-state index >= 15 is 0 Å². The number of aryl methyl sites for hydroxylation is 1. The monoisotopic (exact) mass is 365 g/mol. The van der Waals surface area contributed by atoms with Gasteiger partial charge < -0.3 is 4.90 Å². The Morgan fingerprint density at radius 1 is 1.04 bits per heavy atom. The fourth-order valence-electron chi connectivity index (χ4n) is 3.47. The molecule has 4 rings (SSSR count). The highest BCUT2D eigenvalue weighted by Gasteiger charge is 2.21. The first-order valence-corrected chi connectivity index (χ1v) is 9.10. The number of benzene rings is 2. The molecule has 26 heavy (non-hydrogen) atoms. The summed E-state index contributed by atoms with van der Waals surface area (Å²) in [5.74, 6) is 0.0671. The van der Waals surface area contributed by atoms with Crippen molar-refractivity contribution in [1.82, 2.24) is 14.7 Å². The van der Waals surface area contributed by atoms with Crippen LogP contribution >= 0.6 is 11.6 Å². The molecule has 1 aliphatic rings. The lowest BCUT2D eigenvalue weighted by Gasteiger charge is -2.29. The van der Waals surface area contributed by atoms with Crippen molar-refractivity contribution in [1.29, 1.82) is 0 Å². The first kappa shape index (κ1) is 16.9. The summed E-state index contributed by atoms with van der Waals surface area (Å²) in [6, 6.07) is 15.9. The molecule has 0 unspecified atom stereocenters. The molecule has 2 aromatic carbocycles. The van der Waals surface area contributed by atoms with Gasteiger partial charge in [-0.2, -0.15) is 5.10 Å². The van der Waals surface area contributed by atoms with Crippen molar-refractivity contribution in [2.24, 2.45) is 0 Å². The van der Waals surface area contributed by atoms with Crippen LogP contribution in [0.1, 0.15) is 32.9 Å². The van der Waals surface area contributed by atoms with E-state index in [1.165, 1.54) is 11.1 Å². The van der Waals surface area contributed by atoms with E-state index in [1.54, 1.807) is 0 Å². The van der Waals surface area contributed by atoms with E-state index in [0.29, 0.717) is 17.1 Å². The summed E-state index contributed by atoms with van der Waals surface area (Å²) < 4.78 is 1.81. The third kappa shape index (κ3) is 2.90. The van der Waals surface area contributed by atoms with Crippen LogP contribution in [0.2, 0.25) is 5.02 Å². The predicted molar refractivity (Wildman–Crippen MR) is 103 cm³/mol. The van der Waals surface area contributed by atoms with Crippen molar-refractivity contribution < 1.29 is 4.79 Å². The smallest absolute Gasteiger partial charge is 0.254 e. The number of fused-ring (bicyclic) bond motifs is 1. The molecule has 0 aliphatic carbocycles. The highest BCUT2D eigenvalue weighted by atomic mass is 35.5. The molecule has 0 saturated carbocycles. The van der Waals surface area contributed by atoms with Gasteiger partial charge in [0.2, 0.25) is 0 Å². The Bertz CT molecular complexity index is 975. The average molecular weight is 366 g/mol. The fourth-order valence-corrected chi connectivity index (χ4v) is 3.59. The number of carbonyl (C=O) groups excluding carboxylic acids is 1.